The lowest BCUT2D eigenvalue weighted by Gasteiger charge is -2.45. The Hall–Kier alpha value is -1.88. The van der Waals surface area contributed by atoms with Gasteiger partial charge in [0.1, 0.15) is 5.92 Å². The van der Waals surface area contributed by atoms with Gasteiger partial charge in [-0.2, -0.15) is 0 Å². The first kappa shape index (κ1) is 18.5. The van der Waals surface area contributed by atoms with Gasteiger partial charge in [-0.15, -0.1) is 0 Å². The van der Waals surface area contributed by atoms with Crippen molar-refractivity contribution in [1.29, 1.82) is 0 Å². The first-order valence-corrected chi connectivity index (χ1v) is 10.4. The van der Waals surface area contributed by atoms with Crippen LogP contribution in [0.15, 0.2) is 18.2 Å². The number of fused-ring (bicyclic) bond motifs is 2. The third kappa shape index (κ3) is 3.62. The van der Waals surface area contributed by atoms with Gasteiger partial charge >= 0.3 is 0 Å². The van der Waals surface area contributed by atoms with Crippen LogP contribution in [-0.2, 0) is 9.59 Å². The van der Waals surface area contributed by atoms with Crippen molar-refractivity contribution in [2.24, 2.45) is 23.5 Å². The molecular formula is C22H31N3O2. The number of nitrogens with zero attached hydrogens (tertiary/aromatic N) is 1. The fourth-order valence-electron chi connectivity index (χ4n) is 5.58. The van der Waals surface area contributed by atoms with Crippen LogP contribution in [0.1, 0.15) is 49.7 Å². The molecule has 5 nitrogen and oxygen atoms in total. The average Bonchev–Trinajstić information content (AvgIpc) is 2.96. The summed E-state index contributed by atoms with van der Waals surface area (Å²) in [4.78, 5) is 27.7. The molecule has 3 N–H and O–H groups in total. The predicted molar refractivity (Wildman–Crippen MR) is 106 cm³/mol. The number of benzene rings is 1. The summed E-state index contributed by atoms with van der Waals surface area (Å²) >= 11 is 0. The molecule has 3 atom stereocenters. The smallest absolute Gasteiger partial charge is 0.239 e. The number of anilines is 1. The highest BCUT2D eigenvalue weighted by Gasteiger charge is 2.43. The number of amides is 2. The summed E-state index contributed by atoms with van der Waals surface area (Å²) < 4.78 is 0. The Kier molecular flexibility index (Phi) is 4.97. The summed E-state index contributed by atoms with van der Waals surface area (Å²) in [5.41, 5.74) is 9.38. The molecule has 0 aromatic heterocycles. The van der Waals surface area contributed by atoms with Crippen LogP contribution in [0.3, 0.4) is 0 Å². The van der Waals surface area contributed by atoms with Crippen LogP contribution in [0.2, 0.25) is 0 Å². The molecule has 3 unspecified atom stereocenters. The zero-order valence-corrected chi connectivity index (χ0v) is 16.4. The minimum Gasteiger partial charge on any atom is -0.352 e. The number of hydrogen-bond donors (Lipinski definition) is 2. The van der Waals surface area contributed by atoms with Crippen LogP contribution in [0.5, 0.6) is 0 Å². The van der Waals surface area contributed by atoms with Crippen LogP contribution < -0.4 is 16.0 Å². The maximum absolute atomic E-state index is 13.0. The fourth-order valence-corrected chi connectivity index (χ4v) is 5.58. The lowest BCUT2D eigenvalue weighted by atomic mass is 9.67. The van der Waals surface area contributed by atoms with Crippen molar-refractivity contribution in [2.45, 2.75) is 64.5 Å². The van der Waals surface area contributed by atoms with Crippen LogP contribution in [0.4, 0.5) is 5.69 Å². The lowest BCUT2D eigenvalue weighted by Crippen LogP contribution is -2.55. The molecule has 5 heteroatoms. The van der Waals surface area contributed by atoms with E-state index in [1.165, 1.54) is 6.42 Å². The minimum atomic E-state index is -0.554. The summed E-state index contributed by atoms with van der Waals surface area (Å²) in [5.74, 6) is 0.258. The van der Waals surface area contributed by atoms with Crippen LogP contribution in [0, 0.1) is 31.6 Å². The second-order valence-corrected chi connectivity index (χ2v) is 8.89. The van der Waals surface area contributed by atoms with Crippen molar-refractivity contribution in [3.8, 4) is 0 Å². The standard InChI is InChI=1S/C22H31N3O2/c1-13-8-14(2)10-18(9-13)25-7-6-19(22(25)27)21(26)24-20-15-4-3-5-16(20)12-17(23)11-15/h8-10,15-17,19-20H,3-7,11-12,23H2,1-2H3,(H,24,26). The number of hydrogen-bond acceptors (Lipinski definition) is 3. The Morgan fingerprint density at radius 2 is 1.70 bits per heavy atom. The van der Waals surface area contributed by atoms with Crippen LogP contribution in [0.25, 0.3) is 0 Å². The molecule has 1 saturated heterocycles. The van der Waals surface area contributed by atoms with E-state index in [1.807, 2.05) is 26.0 Å². The molecule has 4 rings (SSSR count). The third-order valence-electron chi connectivity index (χ3n) is 6.73. The van der Waals surface area contributed by atoms with E-state index in [2.05, 4.69) is 11.4 Å². The minimum absolute atomic E-state index is 0.0600. The van der Waals surface area contributed by atoms with Crippen molar-refractivity contribution in [2.75, 3.05) is 11.4 Å². The van der Waals surface area contributed by atoms with E-state index in [9.17, 15) is 9.59 Å². The van der Waals surface area contributed by atoms with E-state index < -0.39 is 5.92 Å². The molecule has 2 saturated carbocycles. The molecule has 3 aliphatic rings. The van der Waals surface area contributed by atoms with Crippen LogP contribution in [-0.4, -0.2) is 30.4 Å². The molecule has 1 aromatic carbocycles. The molecule has 146 valence electrons. The summed E-state index contributed by atoms with van der Waals surface area (Å²) in [6.07, 6.45) is 6.10. The Bertz CT molecular complexity index is 713. The van der Waals surface area contributed by atoms with Gasteiger partial charge < -0.3 is 16.0 Å². The van der Waals surface area contributed by atoms with Crippen molar-refractivity contribution in [3.05, 3.63) is 29.3 Å². The van der Waals surface area contributed by atoms with E-state index in [0.29, 0.717) is 24.8 Å². The highest BCUT2D eigenvalue weighted by Crippen LogP contribution is 2.40. The highest BCUT2D eigenvalue weighted by molar-refractivity contribution is 6.09. The summed E-state index contributed by atoms with van der Waals surface area (Å²) in [7, 11) is 0. The van der Waals surface area contributed by atoms with Gasteiger partial charge in [0.05, 0.1) is 0 Å². The third-order valence-corrected chi connectivity index (χ3v) is 6.73. The number of nitrogens with two attached hydrogens (primary N) is 1. The number of aryl methyl sites for hydroxylation is 2. The molecule has 27 heavy (non-hydrogen) atoms. The van der Waals surface area contributed by atoms with Gasteiger partial charge in [-0.1, -0.05) is 12.5 Å². The quantitative estimate of drug-likeness (QED) is 0.805. The molecule has 1 heterocycles. The van der Waals surface area contributed by atoms with Gasteiger partial charge in [0.2, 0.25) is 11.8 Å². The SMILES string of the molecule is Cc1cc(C)cc(N2CCC(C(=O)NC3C4CCCC3CC(N)C4)C2=O)c1. The van der Waals surface area contributed by atoms with Gasteiger partial charge in [-0.25, -0.2) is 0 Å². The van der Waals surface area contributed by atoms with Crippen LogP contribution >= 0.6 is 0 Å². The second kappa shape index (κ2) is 7.27. The maximum Gasteiger partial charge on any atom is 0.239 e. The zero-order valence-electron chi connectivity index (χ0n) is 16.4. The summed E-state index contributed by atoms with van der Waals surface area (Å²) in [6, 6.07) is 6.62. The number of carbonyl (C=O) groups is 2. The predicted octanol–water partition coefficient (Wildman–Crippen LogP) is 2.68. The topological polar surface area (TPSA) is 75.4 Å². The molecule has 1 aliphatic heterocycles. The van der Waals surface area contributed by atoms with E-state index in [1.54, 1.807) is 4.90 Å². The monoisotopic (exact) mass is 369 g/mol. The Morgan fingerprint density at radius 1 is 1.07 bits per heavy atom. The molecule has 0 spiro atoms. The molecule has 1 aromatic rings. The van der Waals surface area contributed by atoms with Gasteiger partial charge in [0, 0.05) is 24.3 Å². The normalized spacial score (nSPS) is 33.2. The highest BCUT2D eigenvalue weighted by atomic mass is 16.2. The maximum atomic E-state index is 13.0. The summed E-state index contributed by atoms with van der Waals surface area (Å²) in [5, 5.41) is 3.27. The van der Waals surface area contributed by atoms with E-state index in [0.717, 1.165) is 42.5 Å². The van der Waals surface area contributed by atoms with Gasteiger partial charge in [-0.3, -0.25) is 9.59 Å². The lowest BCUT2D eigenvalue weighted by molar-refractivity contribution is -0.133. The van der Waals surface area contributed by atoms with Crippen molar-refractivity contribution < 1.29 is 9.59 Å². The Morgan fingerprint density at radius 3 is 2.33 bits per heavy atom. The first-order valence-electron chi connectivity index (χ1n) is 10.4. The zero-order chi connectivity index (χ0) is 19.1. The second-order valence-electron chi connectivity index (χ2n) is 8.89. The molecule has 0 radical (unpaired) electrons. The molecule has 2 amide bonds. The van der Waals surface area contributed by atoms with E-state index in [-0.39, 0.29) is 23.9 Å². The van der Waals surface area contributed by atoms with Gasteiger partial charge in [0.25, 0.3) is 0 Å². The number of rotatable bonds is 3. The van der Waals surface area contributed by atoms with Gasteiger partial charge in [0.15, 0.2) is 0 Å². The average molecular weight is 370 g/mol. The number of carbonyl (C=O) groups excluding carboxylic acids is 2. The summed E-state index contributed by atoms with van der Waals surface area (Å²) in [6.45, 7) is 4.68. The molecule has 3 fully saturated rings. The Labute approximate surface area is 161 Å². The van der Waals surface area contributed by atoms with Crippen molar-refractivity contribution in [3.63, 3.8) is 0 Å². The molecule has 2 aliphatic carbocycles. The van der Waals surface area contributed by atoms with Gasteiger partial charge in [-0.05, 0) is 81.0 Å². The van der Waals surface area contributed by atoms with Crippen molar-refractivity contribution >= 4 is 17.5 Å². The molecular weight excluding hydrogens is 338 g/mol. The number of nitrogens with one attached hydrogen (secondary N) is 1. The molecule has 2 bridgehead atoms. The first-order chi connectivity index (χ1) is 12.9. The van der Waals surface area contributed by atoms with E-state index in [4.69, 9.17) is 5.73 Å². The van der Waals surface area contributed by atoms with Crippen molar-refractivity contribution in [1.82, 2.24) is 5.32 Å². The fraction of sp³-hybridized carbons (Fsp3) is 0.636. The largest absolute Gasteiger partial charge is 0.352 e. The van der Waals surface area contributed by atoms with E-state index >= 15 is 0 Å². The Balaban J connectivity index is 1.45.